The van der Waals surface area contributed by atoms with Crippen molar-refractivity contribution in [3.8, 4) is 0 Å². The van der Waals surface area contributed by atoms with Crippen molar-refractivity contribution in [3.63, 3.8) is 0 Å². The van der Waals surface area contributed by atoms with Gasteiger partial charge in [0.05, 0.1) is 6.04 Å². The molecule has 1 saturated heterocycles. The lowest BCUT2D eigenvalue weighted by Crippen LogP contribution is -2.32. The Morgan fingerprint density at radius 2 is 1.79 bits per heavy atom. The summed E-state index contributed by atoms with van der Waals surface area (Å²) in [6, 6.07) is 11.6. The van der Waals surface area contributed by atoms with Gasteiger partial charge in [0.25, 0.3) is 0 Å². The molecule has 126 valence electrons. The van der Waals surface area contributed by atoms with Crippen LogP contribution in [0.4, 0.5) is 16.2 Å². The van der Waals surface area contributed by atoms with E-state index in [4.69, 9.17) is 0 Å². The molecule has 0 bridgehead atoms. The molecule has 0 saturated carbocycles. The molecule has 1 aliphatic heterocycles. The topological polar surface area (TPSA) is 57.3 Å². The van der Waals surface area contributed by atoms with Crippen LogP contribution < -0.4 is 15.5 Å². The van der Waals surface area contributed by atoms with E-state index < -0.39 is 0 Å². The van der Waals surface area contributed by atoms with Gasteiger partial charge in [0.1, 0.15) is 0 Å². The first-order valence-electron chi connectivity index (χ1n) is 8.12. The maximum Gasteiger partial charge on any atom is 0.319 e. The Labute approximate surface area is 146 Å². The van der Waals surface area contributed by atoms with Gasteiger partial charge in [0.15, 0.2) is 0 Å². The standard InChI is InChI=1S/C18H22N4OS/c1-14(15-6-8-19-9-7-15)20-18(23)21-16-2-4-17(5-3-16)22-10-12-24-13-11-22/h2-9,14H,10-13H2,1H3,(H2,20,21,23). The van der Waals surface area contributed by atoms with Gasteiger partial charge in [-0.15, -0.1) is 0 Å². The number of amides is 2. The number of nitrogens with zero attached hydrogens (tertiary/aromatic N) is 2. The molecule has 1 aromatic carbocycles. The fourth-order valence-electron chi connectivity index (χ4n) is 2.68. The van der Waals surface area contributed by atoms with Crippen LogP contribution in [-0.4, -0.2) is 35.6 Å². The molecule has 1 aromatic heterocycles. The van der Waals surface area contributed by atoms with E-state index in [0.29, 0.717) is 0 Å². The molecule has 6 heteroatoms. The molecular formula is C18H22N4OS. The van der Waals surface area contributed by atoms with Gasteiger partial charge in [-0.3, -0.25) is 4.98 Å². The average molecular weight is 342 g/mol. The van der Waals surface area contributed by atoms with Crippen LogP contribution in [0.15, 0.2) is 48.8 Å². The predicted octanol–water partition coefficient (Wildman–Crippen LogP) is 3.52. The predicted molar refractivity (Wildman–Crippen MR) is 101 cm³/mol. The van der Waals surface area contributed by atoms with Crippen molar-refractivity contribution in [2.24, 2.45) is 0 Å². The lowest BCUT2D eigenvalue weighted by atomic mass is 10.1. The molecule has 2 amide bonds. The van der Waals surface area contributed by atoms with E-state index >= 15 is 0 Å². The van der Waals surface area contributed by atoms with Crippen molar-refractivity contribution >= 4 is 29.2 Å². The second-order valence-corrected chi connectivity index (χ2v) is 6.97. The van der Waals surface area contributed by atoms with Gasteiger partial charge < -0.3 is 15.5 Å². The molecule has 24 heavy (non-hydrogen) atoms. The summed E-state index contributed by atoms with van der Waals surface area (Å²) in [6.45, 7) is 4.12. The van der Waals surface area contributed by atoms with E-state index in [1.54, 1.807) is 12.4 Å². The Kier molecular flexibility index (Phi) is 5.59. The maximum atomic E-state index is 12.1. The number of rotatable bonds is 4. The lowest BCUT2D eigenvalue weighted by Gasteiger charge is -2.28. The first-order chi connectivity index (χ1) is 11.7. The number of carbonyl (C=O) groups is 1. The Morgan fingerprint density at radius 1 is 1.12 bits per heavy atom. The highest BCUT2D eigenvalue weighted by Crippen LogP contribution is 2.21. The van der Waals surface area contributed by atoms with Crippen molar-refractivity contribution in [2.75, 3.05) is 34.8 Å². The van der Waals surface area contributed by atoms with Gasteiger partial charge in [-0.25, -0.2) is 4.79 Å². The Balaban J connectivity index is 1.54. The number of hydrogen-bond donors (Lipinski definition) is 2. The van der Waals surface area contributed by atoms with Crippen LogP contribution in [0.5, 0.6) is 0 Å². The largest absolute Gasteiger partial charge is 0.370 e. The maximum absolute atomic E-state index is 12.1. The molecule has 1 atom stereocenters. The van der Waals surface area contributed by atoms with Crippen LogP contribution >= 0.6 is 11.8 Å². The lowest BCUT2D eigenvalue weighted by molar-refractivity contribution is 0.249. The summed E-state index contributed by atoms with van der Waals surface area (Å²) in [5.41, 5.74) is 3.04. The van der Waals surface area contributed by atoms with Crippen molar-refractivity contribution < 1.29 is 4.79 Å². The second-order valence-electron chi connectivity index (χ2n) is 5.75. The van der Waals surface area contributed by atoms with Gasteiger partial charge in [-0.2, -0.15) is 11.8 Å². The fourth-order valence-corrected chi connectivity index (χ4v) is 3.58. The molecule has 2 aromatic rings. The Hall–Kier alpha value is -2.21. The molecule has 5 nitrogen and oxygen atoms in total. The van der Waals surface area contributed by atoms with Gasteiger partial charge in [0, 0.05) is 48.4 Å². The Bertz CT molecular complexity index is 656. The monoisotopic (exact) mass is 342 g/mol. The summed E-state index contributed by atoms with van der Waals surface area (Å²) < 4.78 is 0. The number of urea groups is 1. The molecule has 2 N–H and O–H groups in total. The third kappa shape index (κ3) is 4.41. The number of hydrogen-bond acceptors (Lipinski definition) is 4. The average Bonchev–Trinajstić information content (AvgIpc) is 2.64. The van der Waals surface area contributed by atoms with Crippen molar-refractivity contribution in [1.29, 1.82) is 0 Å². The van der Waals surface area contributed by atoms with E-state index in [2.05, 4.69) is 32.7 Å². The summed E-state index contributed by atoms with van der Waals surface area (Å²) in [5.74, 6) is 2.35. The number of pyridine rings is 1. The van der Waals surface area contributed by atoms with Gasteiger partial charge >= 0.3 is 6.03 Å². The van der Waals surface area contributed by atoms with Crippen LogP contribution in [0.3, 0.4) is 0 Å². The first kappa shape index (κ1) is 16.6. The van der Waals surface area contributed by atoms with Gasteiger partial charge in [-0.1, -0.05) is 0 Å². The van der Waals surface area contributed by atoms with E-state index in [9.17, 15) is 4.79 Å². The van der Waals surface area contributed by atoms with Gasteiger partial charge in [0.2, 0.25) is 0 Å². The molecule has 0 spiro atoms. The molecule has 0 aliphatic carbocycles. The van der Waals surface area contributed by atoms with Crippen LogP contribution in [0.2, 0.25) is 0 Å². The number of benzene rings is 1. The normalized spacial score (nSPS) is 15.6. The second kappa shape index (κ2) is 8.06. The quantitative estimate of drug-likeness (QED) is 0.893. The SMILES string of the molecule is CC(NC(=O)Nc1ccc(N2CCSCC2)cc1)c1ccncc1. The molecule has 1 aliphatic rings. The minimum atomic E-state index is -0.207. The molecule has 1 fully saturated rings. The van der Waals surface area contributed by atoms with E-state index in [-0.39, 0.29) is 12.1 Å². The van der Waals surface area contributed by atoms with Crippen LogP contribution in [0.25, 0.3) is 0 Å². The van der Waals surface area contributed by atoms with E-state index in [1.165, 1.54) is 17.2 Å². The van der Waals surface area contributed by atoms with Crippen molar-refractivity contribution in [2.45, 2.75) is 13.0 Å². The smallest absolute Gasteiger partial charge is 0.319 e. The van der Waals surface area contributed by atoms with Crippen LogP contribution in [-0.2, 0) is 0 Å². The van der Waals surface area contributed by atoms with E-state index in [0.717, 1.165) is 24.3 Å². The highest BCUT2D eigenvalue weighted by Gasteiger charge is 2.12. The molecule has 3 rings (SSSR count). The molecular weight excluding hydrogens is 320 g/mol. The minimum Gasteiger partial charge on any atom is -0.370 e. The zero-order valence-electron chi connectivity index (χ0n) is 13.7. The zero-order chi connectivity index (χ0) is 16.8. The summed E-state index contributed by atoms with van der Waals surface area (Å²) in [5, 5.41) is 5.82. The van der Waals surface area contributed by atoms with E-state index in [1.807, 2.05) is 43.0 Å². The summed E-state index contributed by atoms with van der Waals surface area (Å²) in [7, 11) is 0. The van der Waals surface area contributed by atoms with Crippen LogP contribution in [0, 0.1) is 0 Å². The summed E-state index contributed by atoms with van der Waals surface area (Å²) in [6.07, 6.45) is 3.45. The number of anilines is 2. The third-order valence-corrected chi connectivity index (χ3v) is 5.00. The first-order valence-corrected chi connectivity index (χ1v) is 9.28. The molecule has 0 radical (unpaired) electrons. The summed E-state index contributed by atoms with van der Waals surface area (Å²) in [4.78, 5) is 18.5. The van der Waals surface area contributed by atoms with Gasteiger partial charge in [-0.05, 0) is 48.9 Å². The van der Waals surface area contributed by atoms with Crippen molar-refractivity contribution in [1.82, 2.24) is 10.3 Å². The molecule has 2 heterocycles. The third-order valence-electron chi connectivity index (χ3n) is 4.06. The van der Waals surface area contributed by atoms with Crippen LogP contribution in [0.1, 0.15) is 18.5 Å². The highest BCUT2D eigenvalue weighted by molar-refractivity contribution is 7.99. The highest BCUT2D eigenvalue weighted by atomic mass is 32.2. The minimum absolute atomic E-state index is 0.0712. The zero-order valence-corrected chi connectivity index (χ0v) is 14.6. The summed E-state index contributed by atoms with van der Waals surface area (Å²) >= 11 is 2.00. The Morgan fingerprint density at radius 3 is 2.46 bits per heavy atom. The number of carbonyl (C=O) groups excluding carboxylic acids is 1. The molecule has 1 unspecified atom stereocenters. The fraction of sp³-hybridized carbons (Fsp3) is 0.333. The number of thioether (sulfide) groups is 1. The number of nitrogens with one attached hydrogen (secondary N) is 2. The number of aromatic nitrogens is 1. The van der Waals surface area contributed by atoms with Crippen molar-refractivity contribution in [3.05, 3.63) is 54.4 Å².